The van der Waals surface area contributed by atoms with Crippen LogP contribution in [0.4, 0.5) is 9.18 Å². The molecule has 0 aliphatic rings. The molecule has 0 unspecified atom stereocenters. The maximum Gasteiger partial charge on any atom is 0.407 e. The minimum Gasteiger partial charge on any atom is -0.449 e. The maximum atomic E-state index is 13.4. The third-order valence-corrected chi connectivity index (χ3v) is 2.06. The molecule has 100 valence electrons. The molecular formula is C11H16FN3O3. The Bertz CT molecular complexity index is 485. The zero-order valence-corrected chi connectivity index (χ0v) is 10.6. The number of aryl methyl sites for hydroxylation is 1. The summed E-state index contributed by atoms with van der Waals surface area (Å²) in [5.74, 6) is -0.434. The molecule has 0 atom stereocenters. The van der Waals surface area contributed by atoms with Crippen LogP contribution in [0.5, 0.6) is 0 Å². The molecule has 0 spiro atoms. The fourth-order valence-corrected chi connectivity index (χ4v) is 1.12. The van der Waals surface area contributed by atoms with Crippen molar-refractivity contribution in [3.63, 3.8) is 0 Å². The second-order valence-corrected chi connectivity index (χ2v) is 4.27. The molecule has 0 saturated carbocycles. The molecule has 18 heavy (non-hydrogen) atoms. The first kappa shape index (κ1) is 14.1. The molecule has 1 rings (SSSR count). The summed E-state index contributed by atoms with van der Waals surface area (Å²) < 4.78 is 19.2. The van der Waals surface area contributed by atoms with E-state index in [2.05, 4.69) is 10.3 Å². The van der Waals surface area contributed by atoms with E-state index in [1.807, 2.05) is 13.8 Å². The van der Waals surface area contributed by atoms with Gasteiger partial charge in [0.05, 0.1) is 13.2 Å². The van der Waals surface area contributed by atoms with Crippen LogP contribution in [0.25, 0.3) is 0 Å². The number of aromatic nitrogens is 2. The standard InChI is InChI=1S/C11H16FN3O3/c1-7(2)6-18-11(17)13-4-9-8(12)5-15(3)10(16)14-9/h5,7H,4,6H2,1-3H3,(H,13,17). The number of ether oxygens (including phenoxy) is 1. The molecule has 0 aliphatic heterocycles. The average Bonchev–Trinajstić information content (AvgIpc) is 2.29. The van der Waals surface area contributed by atoms with Crippen molar-refractivity contribution < 1.29 is 13.9 Å². The number of hydrogen-bond acceptors (Lipinski definition) is 4. The van der Waals surface area contributed by atoms with Gasteiger partial charge in [0.25, 0.3) is 0 Å². The van der Waals surface area contributed by atoms with E-state index in [1.54, 1.807) is 0 Å². The number of rotatable bonds is 4. The van der Waals surface area contributed by atoms with Gasteiger partial charge in [0.2, 0.25) is 0 Å². The molecule has 0 aromatic carbocycles. The zero-order chi connectivity index (χ0) is 13.7. The number of alkyl carbamates (subject to hydrolysis) is 1. The number of nitrogens with zero attached hydrogens (tertiary/aromatic N) is 2. The fourth-order valence-electron chi connectivity index (χ4n) is 1.12. The number of carbonyl (C=O) groups is 1. The number of hydrogen-bond donors (Lipinski definition) is 1. The van der Waals surface area contributed by atoms with Crippen LogP contribution in [0.3, 0.4) is 0 Å². The van der Waals surface area contributed by atoms with Crippen LogP contribution < -0.4 is 11.0 Å². The molecule has 6 nitrogen and oxygen atoms in total. The van der Waals surface area contributed by atoms with Crippen LogP contribution in [-0.2, 0) is 18.3 Å². The second kappa shape index (κ2) is 6.13. The average molecular weight is 257 g/mol. The molecule has 0 saturated heterocycles. The highest BCUT2D eigenvalue weighted by Crippen LogP contribution is 2.00. The van der Waals surface area contributed by atoms with E-state index in [-0.39, 0.29) is 24.8 Å². The van der Waals surface area contributed by atoms with Crippen molar-refractivity contribution >= 4 is 6.09 Å². The van der Waals surface area contributed by atoms with E-state index < -0.39 is 17.6 Å². The summed E-state index contributed by atoms with van der Waals surface area (Å²) >= 11 is 0. The summed E-state index contributed by atoms with van der Waals surface area (Å²) in [5.41, 5.74) is -0.691. The highest BCUT2D eigenvalue weighted by molar-refractivity contribution is 5.67. The summed E-state index contributed by atoms with van der Waals surface area (Å²) in [6, 6.07) is 0. The van der Waals surface area contributed by atoms with E-state index in [0.717, 1.165) is 10.8 Å². The summed E-state index contributed by atoms with van der Waals surface area (Å²) in [4.78, 5) is 25.9. The number of amides is 1. The SMILES string of the molecule is CC(C)COC(=O)NCc1nc(=O)n(C)cc1F. The Morgan fingerprint density at radius 2 is 2.28 bits per heavy atom. The van der Waals surface area contributed by atoms with Gasteiger partial charge in [-0.2, -0.15) is 4.98 Å². The Kier molecular flexibility index (Phi) is 4.82. The zero-order valence-electron chi connectivity index (χ0n) is 10.6. The second-order valence-electron chi connectivity index (χ2n) is 4.27. The summed E-state index contributed by atoms with van der Waals surface area (Å²) in [7, 11) is 1.40. The molecule has 0 bridgehead atoms. The van der Waals surface area contributed by atoms with Gasteiger partial charge >= 0.3 is 11.8 Å². The molecule has 7 heteroatoms. The molecule has 0 fully saturated rings. The predicted molar refractivity (Wildman–Crippen MR) is 62.5 cm³/mol. The van der Waals surface area contributed by atoms with E-state index >= 15 is 0 Å². The lowest BCUT2D eigenvalue weighted by atomic mass is 10.2. The van der Waals surface area contributed by atoms with Gasteiger partial charge in [-0.25, -0.2) is 14.0 Å². The minimum atomic E-state index is -0.662. The van der Waals surface area contributed by atoms with Gasteiger partial charge < -0.3 is 10.1 Å². The van der Waals surface area contributed by atoms with Crippen LogP contribution in [0.15, 0.2) is 11.0 Å². The number of nitrogens with one attached hydrogen (secondary N) is 1. The first-order valence-corrected chi connectivity index (χ1v) is 5.52. The predicted octanol–water partition coefficient (Wildman–Crippen LogP) is 0.802. The Labute approximate surface area is 104 Å². The molecule has 1 amide bonds. The Morgan fingerprint density at radius 1 is 1.61 bits per heavy atom. The highest BCUT2D eigenvalue weighted by Gasteiger charge is 2.09. The first-order valence-electron chi connectivity index (χ1n) is 5.52. The van der Waals surface area contributed by atoms with E-state index in [0.29, 0.717) is 0 Å². The molecule has 0 radical (unpaired) electrons. The van der Waals surface area contributed by atoms with Crippen LogP contribution in [0, 0.1) is 11.7 Å². The Hall–Kier alpha value is -1.92. The van der Waals surface area contributed by atoms with Crippen molar-refractivity contribution in [2.75, 3.05) is 6.61 Å². The summed E-state index contributed by atoms with van der Waals surface area (Å²) in [6.07, 6.45) is 0.358. The van der Waals surface area contributed by atoms with Gasteiger partial charge in [-0.15, -0.1) is 0 Å². The normalized spacial score (nSPS) is 10.5. The van der Waals surface area contributed by atoms with Crippen LogP contribution in [0.2, 0.25) is 0 Å². The van der Waals surface area contributed by atoms with Crippen molar-refractivity contribution in [3.8, 4) is 0 Å². The summed E-state index contributed by atoms with van der Waals surface area (Å²) in [6.45, 7) is 3.89. The smallest absolute Gasteiger partial charge is 0.407 e. The molecule has 1 N–H and O–H groups in total. The lowest BCUT2D eigenvalue weighted by Gasteiger charge is -2.09. The topological polar surface area (TPSA) is 73.2 Å². The monoisotopic (exact) mass is 257 g/mol. The van der Waals surface area contributed by atoms with Gasteiger partial charge in [-0.3, -0.25) is 4.57 Å². The lowest BCUT2D eigenvalue weighted by Crippen LogP contribution is -2.29. The van der Waals surface area contributed by atoms with E-state index in [9.17, 15) is 14.0 Å². The van der Waals surface area contributed by atoms with Crippen LogP contribution in [-0.4, -0.2) is 22.3 Å². The Morgan fingerprint density at radius 3 is 2.89 bits per heavy atom. The highest BCUT2D eigenvalue weighted by atomic mass is 19.1. The molecule has 1 aromatic rings. The lowest BCUT2D eigenvalue weighted by molar-refractivity contribution is 0.132. The van der Waals surface area contributed by atoms with Gasteiger partial charge in [-0.05, 0) is 5.92 Å². The van der Waals surface area contributed by atoms with Crippen molar-refractivity contribution in [2.45, 2.75) is 20.4 Å². The quantitative estimate of drug-likeness (QED) is 0.866. The fraction of sp³-hybridized carbons (Fsp3) is 0.545. The largest absolute Gasteiger partial charge is 0.449 e. The first-order chi connectivity index (χ1) is 8.40. The van der Waals surface area contributed by atoms with Gasteiger partial charge in [-0.1, -0.05) is 13.8 Å². The summed E-state index contributed by atoms with van der Waals surface area (Å²) in [5, 5.41) is 2.33. The minimum absolute atomic E-state index is 0.111. The van der Waals surface area contributed by atoms with Crippen LogP contribution in [0.1, 0.15) is 19.5 Å². The Balaban J connectivity index is 2.56. The van der Waals surface area contributed by atoms with Gasteiger partial charge in [0.15, 0.2) is 5.82 Å². The molecular weight excluding hydrogens is 241 g/mol. The van der Waals surface area contributed by atoms with Crippen molar-refractivity contribution in [3.05, 3.63) is 28.2 Å². The van der Waals surface area contributed by atoms with Crippen molar-refractivity contribution in [1.82, 2.24) is 14.9 Å². The third kappa shape index (κ3) is 4.15. The van der Waals surface area contributed by atoms with E-state index in [4.69, 9.17) is 4.74 Å². The van der Waals surface area contributed by atoms with Crippen molar-refractivity contribution in [2.24, 2.45) is 13.0 Å². The van der Waals surface area contributed by atoms with Crippen LogP contribution >= 0.6 is 0 Å². The van der Waals surface area contributed by atoms with Gasteiger partial charge in [0, 0.05) is 13.2 Å². The number of carbonyl (C=O) groups excluding carboxylic acids is 1. The third-order valence-electron chi connectivity index (χ3n) is 2.06. The molecule has 1 aromatic heterocycles. The van der Waals surface area contributed by atoms with Gasteiger partial charge in [0.1, 0.15) is 5.69 Å². The molecule has 0 aliphatic carbocycles. The van der Waals surface area contributed by atoms with Crippen molar-refractivity contribution in [1.29, 1.82) is 0 Å². The van der Waals surface area contributed by atoms with E-state index in [1.165, 1.54) is 7.05 Å². The molecule has 1 heterocycles. The maximum absolute atomic E-state index is 13.4. The number of halogens is 1.